The molecule has 0 spiro atoms. The monoisotopic (exact) mass is 372 g/mol. The molecule has 146 valence electrons. The molecule has 1 rings (SSSR count). The Balaban J connectivity index is 2.59. The van der Waals surface area contributed by atoms with Crippen LogP contribution < -0.4 is 15.4 Å². The van der Waals surface area contributed by atoms with E-state index >= 15 is 0 Å². The summed E-state index contributed by atoms with van der Waals surface area (Å²) in [7, 11) is 1.44. The van der Waals surface area contributed by atoms with Crippen molar-refractivity contribution in [2.75, 3.05) is 39.8 Å². The standard InChI is InChI=1S/C18H27F3N4O/c1-4-12-26-16-9-7-6-8-15(16)13-24-17(22-5-2)23-10-11-25(3)14-18(19,20)21/h4,6-9H,1,5,10-14H2,2-3H3,(H2,22,23,24). The highest BCUT2D eigenvalue weighted by atomic mass is 19.4. The predicted octanol–water partition coefficient (Wildman–Crippen LogP) is 2.80. The lowest BCUT2D eigenvalue weighted by atomic mass is 10.2. The molecule has 1 aromatic rings. The Labute approximate surface area is 152 Å². The second kappa shape index (κ2) is 11.4. The van der Waals surface area contributed by atoms with Gasteiger partial charge in [0.05, 0.1) is 13.1 Å². The van der Waals surface area contributed by atoms with Gasteiger partial charge in [0, 0.05) is 25.2 Å². The first kappa shape index (κ1) is 21.8. The zero-order valence-electron chi connectivity index (χ0n) is 15.3. The molecule has 0 aliphatic rings. The van der Waals surface area contributed by atoms with Crippen molar-refractivity contribution in [2.45, 2.75) is 19.6 Å². The first-order chi connectivity index (χ1) is 12.4. The molecule has 0 radical (unpaired) electrons. The van der Waals surface area contributed by atoms with Crippen molar-refractivity contribution in [3.8, 4) is 5.75 Å². The Bertz CT molecular complexity index is 576. The quantitative estimate of drug-likeness (QED) is 0.377. The van der Waals surface area contributed by atoms with Gasteiger partial charge in [-0.2, -0.15) is 13.2 Å². The fourth-order valence-electron chi connectivity index (χ4n) is 2.18. The zero-order chi connectivity index (χ0) is 19.4. The van der Waals surface area contributed by atoms with Crippen LogP contribution >= 0.6 is 0 Å². The van der Waals surface area contributed by atoms with Crippen LogP contribution in [0.15, 0.2) is 41.9 Å². The molecule has 5 nitrogen and oxygen atoms in total. The Morgan fingerprint density at radius 1 is 1.31 bits per heavy atom. The van der Waals surface area contributed by atoms with Crippen molar-refractivity contribution < 1.29 is 17.9 Å². The minimum atomic E-state index is -4.19. The van der Waals surface area contributed by atoms with Gasteiger partial charge in [0.2, 0.25) is 0 Å². The number of hydrogen-bond acceptors (Lipinski definition) is 3. The summed E-state index contributed by atoms with van der Waals surface area (Å²) >= 11 is 0. The van der Waals surface area contributed by atoms with E-state index in [1.54, 1.807) is 6.08 Å². The number of aliphatic imine (C=N–C) groups is 1. The number of rotatable bonds is 10. The first-order valence-electron chi connectivity index (χ1n) is 8.44. The summed E-state index contributed by atoms with van der Waals surface area (Å²) in [5, 5.41) is 6.12. The summed E-state index contributed by atoms with van der Waals surface area (Å²) in [6, 6.07) is 7.56. The maximum atomic E-state index is 12.3. The van der Waals surface area contributed by atoms with Crippen molar-refractivity contribution in [1.82, 2.24) is 15.5 Å². The van der Waals surface area contributed by atoms with E-state index in [0.717, 1.165) is 11.3 Å². The lowest BCUT2D eigenvalue weighted by Crippen LogP contribution is -2.42. The number of likely N-dealkylation sites (N-methyl/N-ethyl adjacent to an activating group) is 1. The summed E-state index contributed by atoms with van der Waals surface area (Å²) in [6.45, 7) is 6.67. The lowest BCUT2D eigenvalue weighted by Gasteiger charge is -2.19. The molecule has 0 fully saturated rings. The van der Waals surface area contributed by atoms with E-state index in [2.05, 4.69) is 22.2 Å². The number of nitrogens with one attached hydrogen (secondary N) is 2. The van der Waals surface area contributed by atoms with Crippen molar-refractivity contribution >= 4 is 5.96 Å². The highest BCUT2D eigenvalue weighted by molar-refractivity contribution is 5.79. The van der Waals surface area contributed by atoms with Gasteiger partial charge in [-0.15, -0.1) is 0 Å². The maximum Gasteiger partial charge on any atom is 0.401 e. The average Bonchev–Trinajstić information content (AvgIpc) is 2.57. The Morgan fingerprint density at radius 2 is 2.04 bits per heavy atom. The first-order valence-corrected chi connectivity index (χ1v) is 8.44. The molecule has 2 N–H and O–H groups in total. The van der Waals surface area contributed by atoms with Crippen LogP contribution in [0.3, 0.4) is 0 Å². The third-order valence-corrected chi connectivity index (χ3v) is 3.32. The number of halogens is 3. The molecule has 0 aromatic heterocycles. The second-order valence-corrected chi connectivity index (χ2v) is 5.68. The number of para-hydroxylation sites is 1. The van der Waals surface area contributed by atoms with Crippen LogP contribution in [-0.2, 0) is 6.54 Å². The van der Waals surface area contributed by atoms with Crippen LogP contribution in [0.5, 0.6) is 5.75 Å². The fraction of sp³-hybridized carbons (Fsp3) is 0.500. The van der Waals surface area contributed by atoms with E-state index < -0.39 is 12.7 Å². The van der Waals surface area contributed by atoms with E-state index in [1.807, 2.05) is 31.2 Å². The van der Waals surface area contributed by atoms with Gasteiger partial charge >= 0.3 is 6.18 Å². The van der Waals surface area contributed by atoms with E-state index in [4.69, 9.17) is 4.74 Å². The molecule has 0 atom stereocenters. The molecule has 1 aromatic carbocycles. The SMILES string of the molecule is C=CCOc1ccccc1CN=C(NCC)NCCN(C)CC(F)(F)F. The van der Waals surface area contributed by atoms with Crippen molar-refractivity contribution in [2.24, 2.45) is 4.99 Å². The number of hydrogen-bond donors (Lipinski definition) is 2. The van der Waals surface area contributed by atoms with Crippen LogP contribution in [0, 0.1) is 0 Å². The second-order valence-electron chi connectivity index (χ2n) is 5.68. The molecule has 26 heavy (non-hydrogen) atoms. The Kier molecular flexibility index (Phi) is 9.57. The van der Waals surface area contributed by atoms with Crippen LogP contribution in [0.1, 0.15) is 12.5 Å². The van der Waals surface area contributed by atoms with Crippen molar-refractivity contribution in [3.05, 3.63) is 42.5 Å². The molecular formula is C18H27F3N4O. The number of nitrogens with zero attached hydrogens (tertiary/aromatic N) is 2. The number of guanidine groups is 1. The third-order valence-electron chi connectivity index (χ3n) is 3.32. The van der Waals surface area contributed by atoms with Crippen LogP contribution in [-0.4, -0.2) is 56.9 Å². The smallest absolute Gasteiger partial charge is 0.401 e. The number of ether oxygens (including phenoxy) is 1. The van der Waals surface area contributed by atoms with Crippen LogP contribution in [0.25, 0.3) is 0 Å². The molecule has 0 bridgehead atoms. The normalized spacial score (nSPS) is 12.2. The average molecular weight is 372 g/mol. The van der Waals surface area contributed by atoms with Gasteiger partial charge in [-0.05, 0) is 20.0 Å². The topological polar surface area (TPSA) is 48.9 Å². The number of benzene rings is 1. The van der Waals surface area contributed by atoms with E-state index in [-0.39, 0.29) is 6.54 Å². The van der Waals surface area contributed by atoms with Gasteiger partial charge in [-0.25, -0.2) is 4.99 Å². The van der Waals surface area contributed by atoms with Gasteiger partial charge in [-0.1, -0.05) is 30.9 Å². The zero-order valence-corrected chi connectivity index (χ0v) is 15.3. The summed E-state index contributed by atoms with van der Waals surface area (Å²) in [5.41, 5.74) is 0.917. The van der Waals surface area contributed by atoms with Crippen LogP contribution in [0.2, 0.25) is 0 Å². The summed E-state index contributed by atoms with van der Waals surface area (Å²) < 4.78 is 42.6. The van der Waals surface area contributed by atoms with Gasteiger partial charge in [0.25, 0.3) is 0 Å². The van der Waals surface area contributed by atoms with E-state index in [0.29, 0.717) is 32.2 Å². The molecule has 0 saturated heterocycles. The van der Waals surface area contributed by atoms with Gasteiger partial charge in [0.1, 0.15) is 12.4 Å². The Hall–Kier alpha value is -2.22. The van der Waals surface area contributed by atoms with Crippen molar-refractivity contribution in [1.29, 1.82) is 0 Å². The molecule has 0 heterocycles. The summed E-state index contributed by atoms with van der Waals surface area (Å²) in [4.78, 5) is 5.69. The highest BCUT2D eigenvalue weighted by Crippen LogP contribution is 2.18. The third kappa shape index (κ3) is 9.31. The molecule has 0 aliphatic heterocycles. The van der Waals surface area contributed by atoms with E-state index in [9.17, 15) is 13.2 Å². The highest BCUT2D eigenvalue weighted by Gasteiger charge is 2.28. The molecule has 0 saturated carbocycles. The fourth-order valence-corrected chi connectivity index (χ4v) is 2.18. The van der Waals surface area contributed by atoms with Crippen LogP contribution in [0.4, 0.5) is 13.2 Å². The van der Waals surface area contributed by atoms with Crippen molar-refractivity contribution in [3.63, 3.8) is 0 Å². The molecule has 0 amide bonds. The number of alkyl halides is 3. The summed E-state index contributed by atoms with van der Waals surface area (Å²) in [5.74, 6) is 1.28. The molecule has 8 heteroatoms. The van der Waals surface area contributed by atoms with E-state index in [1.165, 1.54) is 11.9 Å². The molecular weight excluding hydrogens is 345 g/mol. The minimum absolute atomic E-state index is 0.253. The molecule has 0 aliphatic carbocycles. The maximum absolute atomic E-state index is 12.3. The van der Waals surface area contributed by atoms with Gasteiger partial charge in [0.15, 0.2) is 5.96 Å². The Morgan fingerprint density at radius 3 is 2.69 bits per heavy atom. The largest absolute Gasteiger partial charge is 0.489 e. The van der Waals surface area contributed by atoms with Gasteiger partial charge in [-0.3, -0.25) is 4.90 Å². The van der Waals surface area contributed by atoms with Gasteiger partial charge < -0.3 is 15.4 Å². The predicted molar refractivity (Wildman–Crippen MR) is 98.5 cm³/mol. The summed E-state index contributed by atoms with van der Waals surface area (Å²) in [6.07, 6.45) is -2.52. The molecule has 0 unspecified atom stereocenters. The minimum Gasteiger partial charge on any atom is -0.489 e. The lowest BCUT2D eigenvalue weighted by molar-refractivity contribution is -0.142.